The second-order valence-corrected chi connectivity index (χ2v) is 7.46. The maximum absolute atomic E-state index is 12.6. The Kier molecular flexibility index (Phi) is 5.43. The first-order chi connectivity index (χ1) is 12.5. The van der Waals surface area contributed by atoms with Crippen LogP contribution in [0.5, 0.6) is 5.75 Å². The van der Waals surface area contributed by atoms with Crippen LogP contribution in [-0.2, 0) is 6.61 Å². The minimum absolute atomic E-state index is 0.0780. The average Bonchev–Trinajstić information content (AvgIpc) is 3.07. The van der Waals surface area contributed by atoms with Gasteiger partial charge in [-0.3, -0.25) is 4.79 Å². The van der Waals surface area contributed by atoms with Crippen molar-refractivity contribution in [3.63, 3.8) is 0 Å². The van der Waals surface area contributed by atoms with Crippen molar-refractivity contribution >= 4 is 22.9 Å². The Labute approximate surface area is 158 Å². The number of para-hydroxylation sites is 2. The molecule has 3 nitrogen and oxygen atoms in total. The highest BCUT2D eigenvalue weighted by atomic mass is 32.1. The van der Waals surface area contributed by atoms with E-state index in [0.717, 1.165) is 39.3 Å². The quantitative estimate of drug-likeness (QED) is 0.619. The average molecular weight is 365 g/mol. The molecule has 1 aromatic heterocycles. The van der Waals surface area contributed by atoms with Gasteiger partial charge < -0.3 is 10.1 Å². The first kappa shape index (κ1) is 18.2. The lowest BCUT2D eigenvalue weighted by molar-refractivity contribution is 0.103. The predicted octanol–water partition coefficient (Wildman–Crippen LogP) is 5.81. The van der Waals surface area contributed by atoms with Crippen LogP contribution in [0.25, 0.3) is 0 Å². The molecule has 0 bridgehead atoms. The van der Waals surface area contributed by atoms with E-state index in [0.29, 0.717) is 11.5 Å². The summed E-state index contributed by atoms with van der Waals surface area (Å²) in [7, 11) is 0. The number of thiophene rings is 1. The van der Waals surface area contributed by atoms with Crippen molar-refractivity contribution in [2.24, 2.45) is 0 Å². The van der Waals surface area contributed by atoms with Gasteiger partial charge in [0.15, 0.2) is 0 Å². The number of nitrogens with one attached hydrogen (secondary N) is 1. The van der Waals surface area contributed by atoms with Crippen LogP contribution < -0.4 is 10.1 Å². The van der Waals surface area contributed by atoms with E-state index >= 15 is 0 Å². The van der Waals surface area contributed by atoms with Crippen molar-refractivity contribution in [2.75, 3.05) is 5.32 Å². The summed E-state index contributed by atoms with van der Waals surface area (Å²) in [6, 6.07) is 14.0. The van der Waals surface area contributed by atoms with E-state index in [1.54, 1.807) is 0 Å². The zero-order valence-electron chi connectivity index (χ0n) is 15.6. The summed E-state index contributed by atoms with van der Waals surface area (Å²) in [5, 5.41) is 5.01. The van der Waals surface area contributed by atoms with Crippen molar-refractivity contribution < 1.29 is 9.53 Å². The SMILES string of the molecule is Cc1cccc(C)c1NC(=O)c1cc(COc2c(C)cccc2C)cs1. The van der Waals surface area contributed by atoms with Gasteiger partial charge in [0.2, 0.25) is 0 Å². The number of carbonyl (C=O) groups excluding carboxylic acids is 1. The topological polar surface area (TPSA) is 38.3 Å². The number of benzene rings is 2. The monoisotopic (exact) mass is 365 g/mol. The molecule has 1 N–H and O–H groups in total. The van der Waals surface area contributed by atoms with E-state index < -0.39 is 0 Å². The molecule has 2 aromatic carbocycles. The number of ether oxygens (including phenoxy) is 1. The molecule has 0 saturated carbocycles. The maximum Gasteiger partial charge on any atom is 0.265 e. The van der Waals surface area contributed by atoms with E-state index in [2.05, 4.69) is 5.32 Å². The number of hydrogen-bond donors (Lipinski definition) is 1. The number of anilines is 1. The molecule has 0 radical (unpaired) electrons. The van der Waals surface area contributed by atoms with E-state index in [9.17, 15) is 4.79 Å². The molecule has 0 unspecified atom stereocenters. The molecule has 1 amide bonds. The molecule has 0 fully saturated rings. The second-order valence-electron chi connectivity index (χ2n) is 6.55. The Bertz CT molecular complexity index is 903. The largest absolute Gasteiger partial charge is 0.488 e. The van der Waals surface area contributed by atoms with Crippen molar-refractivity contribution in [3.05, 3.63) is 80.5 Å². The summed E-state index contributed by atoms with van der Waals surface area (Å²) < 4.78 is 5.98. The number of amides is 1. The van der Waals surface area contributed by atoms with Crippen molar-refractivity contribution in [2.45, 2.75) is 34.3 Å². The van der Waals surface area contributed by atoms with Crippen molar-refractivity contribution in [3.8, 4) is 5.75 Å². The van der Waals surface area contributed by atoms with Crippen LogP contribution in [0.1, 0.15) is 37.5 Å². The molecule has 0 aliphatic carbocycles. The molecule has 0 spiro atoms. The molecule has 0 saturated heterocycles. The summed E-state index contributed by atoms with van der Waals surface area (Å²) in [6.45, 7) is 8.54. The van der Waals surface area contributed by atoms with Crippen molar-refractivity contribution in [1.82, 2.24) is 0 Å². The summed E-state index contributed by atoms with van der Waals surface area (Å²) in [4.78, 5) is 13.3. The molecular formula is C22H23NO2S. The van der Waals surface area contributed by atoms with Gasteiger partial charge in [-0.2, -0.15) is 0 Å². The van der Waals surface area contributed by atoms with Crippen LogP contribution in [0.2, 0.25) is 0 Å². The maximum atomic E-state index is 12.6. The van der Waals surface area contributed by atoms with E-state index in [4.69, 9.17) is 4.74 Å². The Morgan fingerprint density at radius 2 is 1.54 bits per heavy atom. The third-order valence-electron chi connectivity index (χ3n) is 4.39. The van der Waals surface area contributed by atoms with Crippen LogP contribution in [0, 0.1) is 27.7 Å². The summed E-state index contributed by atoms with van der Waals surface area (Å²) in [5.74, 6) is 0.839. The fraction of sp³-hybridized carbons (Fsp3) is 0.227. The van der Waals surface area contributed by atoms with E-state index in [1.807, 2.05) is 75.5 Å². The molecule has 0 atom stereocenters. The Balaban J connectivity index is 1.69. The minimum Gasteiger partial charge on any atom is -0.488 e. The zero-order chi connectivity index (χ0) is 18.7. The summed E-state index contributed by atoms with van der Waals surface area (Å²) in [5.41, 5.74) is 6.26. The standard InChI is InChI=1S/C22H23NO2S/c1-14-7-5-8-15(2)20(14)23-22(24)19-11-18(13-26-19)12-25-21-16(3)9-6-10-17(21)4/h5-11,13H,12H2,1-4H3,(H,23,24). The molecule has 3 rings (SSSR count). The molecule has 134 valence electrons. The molecule has 0 aliphatic rings. The van der Waals surface area contributed by atoms with Gasteiger partial charge in [0.05, 0.1) is 4.88 Å². The van der Waals surface area contributed by atoms with Gasteiger partial charge in [0.25, 0.3) is 5.91 Å². The van der Waals surface area contributed by atoms with Gasteiger partial charge in [-0.1, -0.05) is 36.4 Å². The summed E-state index contributed by atoms with van der Waals surface area (Å²) >= 11 is 1.44. The first-order valence-corrected chi connectivity index (χ1v) is 9.47. The van der Waals surface area contributed by atoms with Gasteiger partial charge in [0, 0.05) is 11.3 Å². The number of hydrogen-bond acceptors (Lipinski definition) is 3. The Hall–Kier alpha value is -2.59. The molecule has 3 aromatic rings. The summed E-state index contributed by atoms with van der Waals surface area (Å²) in [6.07, 6.45) is 0. The van der Waals surface area contributed by atoms with Crippen LogP contribution in [0.4, 0.5) is 5.69 Å². The first-order valence-electron chi connectivity index (χ1n) is 8.59. The number of aryl methyl sites for hydroxylation is 4. The van der Waals surface area contributed by atoms with Gasteiger partial charge in [0.1, 0.15) is 12.4 Å². The third-order valence-corrected chi connectivity index (χ3v) is 5.37. The fourth-order valence-corrected chi connectivity index (χ4v) is 3.73. The minimum atomic E-state index is -0.0780. The lowest BCUT2D eigenvalue weighted by Gasteiger charge is -2.11. The molecule has 26 heavy (non-hydrogen) atoms. The van der Waals surface area contributed by atoms with E-state index in [1.165, 1.54) is 11.3 Å². The third kappa shape index (κ3) is 3.97. The Morgan fingerprint density at radius 3 is 2.15 bits per heavy atom. The predicted molar refractivity (Wildman–Crippen MR) is 108 cm³/mol. The van der Waals surface area contributed by atoms with Crippen LogP contribution >= 0.6 is 11.3 Å². The van der Waals surface area contributed by atoms with Crippen molar-refractivity contribution in [1.29, 1.82) is 0 Å². The van der Waals surface area contributed by atoms with Gasteiger partial charge in [-0.05, 0) is 61.4 Å². The zero-order valence-corrected chi connectivity index (χ0v) is 16.4. The normalized spacial score (nSPS) is 10.6. The van der Waals surface area contributed by atoms with E-state index in [-0.39, 0.29) is 5.91 Å². The number of rotatable bonds is 5. The lowest BCUT2D eigenvalue weighted by atomic mass is 10.1. The van der Waals surface area contributed by atoms with Gasteiger partial charge in [-0.15, -0.1) is 11.3 Å². The highest BCUT2D eigenvalue weighted by Crippen LogP contribution is 2.25. The second kappa shape index (κ2) is 7.75. The fourth-order valence-electron chi connectivity index (χ4n) is 2.94. The Morgan fingerprint density at radius 1 is 0.962 bits per heavy atom. The molecule has 0 aliphatic heterocycles. The highest BCUT2D eigenvalue weighted by molar-refractivity contribution is 7.12. The molecular weight excluding hydrogens is 342 g/mol. The molecule has 1 heterocycles. The van der Waals surface area contributed by atoms with Crippen LogP contribution in [0.3, 0.4) is 0 Å². The van der Waals surface area contributed by atoms with Gasteiger partial charge in [-0.25, -0.2) is 0 Å². The smallest absolute Gasteiger partial charge is 0.265 e. The van der Waals surface area contributed by atoms with Crippen LogP contribution in [0.15, 0.2) is 47.8 Å². The van der Waals surface area contributed by atoms with Crippen LogP contribution in [-0.4, -0.2) is 5.91 Å². The number of carbonyl (C=O) groups is 1. The molecule has 4 heteroatoms. The van der Waals surface area contributed by atoms with Gasteiger partial charge >= 0.3 is 0 Å². The lowest BCUT2D eigenvalue weighted by Crippen LogP contribution is -2.12. The highest BCUT2D eigenvalue weighted by Gasteiger charge is 2.13.